The highest BCUT2D eigenvalue weighted by atomic mass is 35.5. The fourth-order valence-corrected chi connectivity index (χ4v) is 2.39. The van der Waals surface area contributed by atoms with Crippen LogP contribution in [-0.4, -0.2) is 14.5 Å². The van der Waals surface area contributed by atoms with Crippen LogP contribution in [0.15, 0.2) is 30.5 Å². The molecule has 1 aromatic carbocycles. The second kappa shape index (κ2) is 5.07. The Morgan fingerprint density at radius 2 is 2.00 bits per heavy atom. The number of hydrogen-bond acceptors (Lipinski definition) is 2. The molecule has 0 saturated heterocycles. The van der Waals surface area contributed by atoms with Crippen LogP contribution < -0.4 is 0 Å². The summed E-state index contributed by atoms with van der Waals surface area (Å²) >= 11 is 6.13. The topological polar surface area (TPSA) is 30.7 Å². The van der Waals surface area contributed by atoms with Crippen molar-refractivity contribution in [2.24, 2.45) is 0 Å². The standard InChI is InChI=1S/C15H12ClF2N3/c1-8-5-12-15(19-7-8)21(14(20-12)9(2)16)13-6-10(17)3-4-11(13)18/h3-7,9H,1-2H3. The van der Waals surface area contributed by atoms with E-state index in [2.05, 4.69) is 9.97 Å². The molecule has 0 bridgehead atoms. The van der Waals surface area contributed by atoms with Gasteiger partial charge in [0.05, 0.1) is 11.1 Å². The van der Waals surface area contributed by atoms with Gasteiger partial charge < -0.3 is 0 Å². The Balaban J connectivity index is 2.39. The smallest absolute Gasteiger partial charge is 0.164 e. The summed E-state index contributed by atoms with van der Waals surface area (Å²) in [6, 6.07) is 5.09. The fourth-order valence-electron chi connectivity index (χ4n) is 2.24. The van der Waals surface area contributed by atoms with E-state index in [1.165, 1.54) is 4.57 Å². The Morgan fingerprint density at radius 3 is 2.71 bits per heavy atom. The number of imidazole rings is 1. The van der Waals surface area contributed by atoms with Gasteiger partial charge in [-0.2, -0.15) is 0 Å². The van der Waals surface area contributed by atoms with E-state index >= 15 is 0 Å². The van der Waals surface area contributed by atoms with Crippen LogP contribution in [0.3, 0.4) is 0 Å². The van der Waals surface area contributed by atoms with E-state index in [0.29, 0.717) is 17.0 Å². The first-order valence-corrected chi connectivity index (χ1v) is 6.85. The minimum Gasteiger partial charge on any atom is -0.276 e. The molecule has 0 aliphatic rings. The Morgan fingerprint density at radius 1 is 1.24 bits per heavy atom. The quantitative estimate of drug-likeness (QED) is 0.661. The number of alkyl halides is 1. The third kappa shape index (κ3) is 2.38. The van der Waals surface area contributed by atoms with E-state index in [1.807, 2.05) is 13.0 Å². The van der Waals surface area contributed by atoms with E-state index in [1.54, 1.807) is 13.1 Å². The highest BCUT2D eigenvalue weighted by molar-refractivity contribution is 6.20. The van der Waals surface area contributed by atoms with Crippen molar-refractivity contribution in [1.82, 2.24) is 14.5 Å². The first-order chi connectivity index (χ1) is 9.97. The lowest BCUT2D eigenvalue weighted by molar-refractivity contribution is 0.591. The molecule has 0 fully saturated rings. The second-order valence-electron chi connectivity index (χ2n) is 4.87. The molecule has 0 aliphatic heterocycles. The van der Waals surface area contributed by atoms with E-state index < -0.39 is 17.0 Å². The summed E-state index contributed by atoms with van der Waals surface area (Å²) < 4.78 is 29.0. The van der Waals surface area contributed by atoms with Gasteiger partial charge in [0.2, 0.25) is 0 Å². The molecule has 21 heavy (non-hydrogen) atoms. The van der Waals surface area contributed by atoms with Gasteiger partial charge >= 0.3 is 0 Å². The fraction of sp³-hybridized carbons (Fsp3) is 0.200. The molecular weight excluding hydrogens is 296 g/mol. The molecule has 3 rings (SSSR count). The summed E-state index contributed by atoms with van der Waals surface area (Å²) in [6.07, 6.45) is 1.65. The number of nitrogens with zero attached hydrogens (tertiary/aromatic N) is 3. The highest BCUT2D eigenvalue weighted by Gasteiger charge is 2.20. The van der Waals surface area contributed by atoms with Crippen molar-refractivity contribution >= 4 is 22.8 Å². The van der Waals surface area contributed by atoms with Crippen LogP contribution in [0.5, 0.6) is 0 Å². The summed E-state index contributed by atoms with van der Waals surface area (Å²) in [5.41, 5.74) is 2.03. The highest BCUT2D eigenvalue weighted by Crippen LogP contribution is 2.29. The number of aryl methyl sites for hydroxylation is 1. The zero-order chi connectivity index (χ0) is 15.1. The number of aromatic nitrogens is 3. The van der Waals surface area contributed by atoms with Crippen LogP contribution >= 0.6 is 11.6 Å². The maximum absolute atomic E-state index is 14.1. The lowest BCUT2D eigenvalue weighted by atomic mass is 10.2. The van der Waals surface area contributed by atoms with Gasteiger partial charge in [-0.15, -0.1) is 11.6 Å². The van der Waals surface area contributed by atoms with Crippen molar-refractivity contribution in [2.75, 3.05) is 0 Å². The molecule has 0 N–H and O–H groups in total. The zero-order valence-electron chi connectivity index (χ0n) is 11.4. The molecule has 3 nitrogen and oxygen atoms in total. The van der Waals surface area contributed by atoms with Crippen molar-refractivity contribution in [3.63, 3.8) is 0 Å². The van der Waals surface area contributed by atoms with Crippen molar-refractivity contribution in [3.8, 4) is 5.69 Å². The monoisotopic (exact) mass is 307 g/mol. The number of halogens is 3. The van der Waals surface area contributed by atoms with E-state index in [-0.39, 0.29) is 5.69 Å². The van der Waals surface area contributed by atoms with Crippen molar-refractivity contribution in [3.05, 3.63) is 53.5 Å². The summed E-state index contributed by atoms with van der Waals surface area (Å²) in [6.45, 7) is 3.61. The molecule has 1 atom stereocenters. The third-order valence-corrected chi connectivity index (χ3v) is 3.36. The molecule has 1 unspecified atom stereocenters. The van der Waals surface area contributed by atoms with Crippen molar-refractivity contribution in [1.29, 1.82) is 0 Å². The lowest BCUT2D eigenvalue weighted by Crippen LogP contribution is -2.05. The molecule has 0 amide bonds. The van der Waals surface area contributed by atoms with Crippen LogP contribution in [0.4, 0.5) is 8.78 Å². The predicted molar refractivity (Wildman–Crippen MR) is 77.8 cm³/mol. The maximum Gasteiger partial charge on any atom is 0.164 e. The Bertz CT molecular complexity index is 827. The summed E-state index contributed by atoms with van der Waals surface area (Å²) in [5.74, 6) is -0.667. The van der Waals surface area contributed by atoms with Gasteiger partial charge in [-0.1, -0.05) is 0 Å². The zero-order valence-corrected chi connectivity index (χ0v) is 12.2. The lowest BCUT2D eigenvalue weighted by Gasteiger charge is -2.11. The molecule has 2 heterocycles. The summed E-state index contributed by atoms with van der Waals surface area (Å²) in [5, 5.41) is -0.470. The Labute approximate surface area is 125 Å². The Kier molecular flexibility index (Phi) is 3.37. The minimum atomic E-state index is -0.559. The molecule has 0 aliphatic carbocycles. The average Bonchev–Trinajstić information content (AvgIpc) is 2.80. The molecule has 0 saturated carbocycles. The molecule has 2 aromatic heterocycles. The average molecular weight is 308 g/mol. The van der Waals surface area contributed by atoms with Gasteiger partial charge in [0, 0.05) is 12.3 Å². The van der Waals surface area contributed by atoms with Gasteiger partial charge in [-0.25, -0.2) is 18.7 Å². The molecule has 3 aromatic rings. The molecular formula is C15H12ClF2N3. The van der Waals surface area contributed by atoms with Crippen LogP contribution in [0.1, 0.15) is 23.7 Å². The minimum absolute atomic E-state index is 0.0522. The number of fused-ring (bicyclic) bond motifs is 1. The Hall–Kier alpha value is -2.01. The van der Waals surface area contributed by atoms with Crippen LogP contribution in [-0.2, 0) is 0 Å². The number of benzene rings is 1. The summed E-state index contributed by atoms with van der Waals surface area (Å²) in [7, 11) is 0. The van der Waals surface area contributed by atoms with Crippen LogP contribution in [0.2, 0.25) is 0 Å². The van der Waals surface area contributed by atoms with Gasteiger partial charge in [0.15, 0.2) is 5.65 Å². The van der Waals surface area contributed by atoms with E-state index in [9.17, 15) is 8.78 Å². The number of rotatable bonds is 2. The normalized spacial score (nSPS) is 12.8. The van der Waals surface area contributed by atoms with E-state index in [0.717, 1.165) is 23.8 Å². The van der Waals surface area contributed by atoms with Crippen LogP contribution in [0.25, 0.3) is 16.9 Å². The van der Waals surface area contributed by atoms with Crippen molar-refractivity contribution < 1.29 is 8.78 Å². The largest absolute Gasteiger partial charge is 0.276 e. The maximum atomic E-state index is 14.1. The predicted octanol–water partition coefficient (Wildman–Crippen LogP) is 4.31. The van der Waals surface area contributed by atoms with Crippen molar-refractivity contribution in [2.45, 2.75) is 19.2 Å². The van der Waals surface area contributed by atoms with Gasteiger partial charge in [-0.05, 0) is 37.6 Å². The van der Waals surface area contributed by atoms with Crippen LogP contribution in [0, 0.1) is 18.6 Å². The first-order valence-electron chi connectivity index (χ1n) is 6.42. The first kappa shape index (κ1) is 13.9. The molecule has 108 valence electrons. The summed E-state index contributed by atoms with van der Waals surface area (Å²) in [4.78, 5) is 8.68. The number of pyridine rings is 1. The van der Waals surface area contributed by atoms with Gasteiger partial charge in [0.1, 0.15) is 23.0 Å². The molecule has 6 heteroatoms. The number of hydrogen-bond donors (Lipinski definition) is 0. The van der Waals surface area contributed by atoms with Gasteiger partial charge in [-0.3, -0.25) is 4.57 Å². The second-order valence-corrected chi connectivity index (χ2v) is 5.53. The molecule has 0 spiro atoms. The molecule has 0 radical (unpaired) electrons. The SMILES string of the molecule is Cc1cnc2c(c1)nc(C(C)Cl)n2-c1cc(F)ccc1F. The van der Waals surface area contributed by atoms with E-state index in [4.69, 9.17) is 11.6 Å². The third-order valence-electron chi connectivity index (χ3n) is 3.16. The van der Waals surface area contributed by atoms with Gasteiger partial charge in [0.25, 0.3) is 0 Å².